The van der Waals surface area contributed by atoms with Gasteiger partial charge in [-0.3, -0.25) is 9.59 Å². The van der Waals surface area contributed by atoms with E-state index < -0.39 is 0 Å². The molecule has 0 aromatic heterocycles. The molecule has 3 fully saturated rings. The average molecular weight is 405 g/mol. The average Bonchev–Trinajstić information content (AvgIpc) is 3.44. The number of hydrogen-bond donors (Lipinski definition) is 2. The summed E-state index contributed by atoms with van der Waals surface area (Å²) in [6, 6.07) is 13.7. The van der Waals surface area contributed by atoms with E-state index in [0.29, 0.717) is 23.2 Å². The Kier molecular flexibility index (Phi) is 4.68. The van der Waals surface area contributed by atoms with Gasteiger partial charge in [0.05, 0.1) is 0 Å². The second-order valence-electron chi connectivity index (χ2n) is 9.63. The minimum Gasteiger partial charge on any atom is -0.504 e. The van der Waals surface area contributed by atoms with Crippen LogP contribution in [-0.4, -0.2) is 10.2 Å². The zero-order valence-electron chi connectivity index (χ0n) is 17.1. The van der Waals surface area contributed by atoms with Crippen molar-refractivity contribution in [1.29, 1.82) is 0 Å². The Morgan fingerprint density at radius 3 is 2.23 bits per heavy atom. The molecule has 3 saturated carbocycles. The minimum atomic E-state index is -0.317. The fraction of sp³-hybridized carbons (Fsp3) is 0.462. The molecule has 0 saturated heterocycles. The molecule has 3 aliphatic carbocycles. The third-order valence-corrected chi connectivity index (χ3v) is 8.18. The second-order valence-corrected chi connectivity index (χ2v) is 9.63. The van der Waals surface area contributed by atoms with Gasteiger partial charge in [0.15, 0.2) is 11.5 Å². The fourth-order valence-corrected chi connectivity index (χ4v) is 6.18. The van der Waals surface area contributed by atoms with Crippen LogP contribution in [0.4, 0.5) is 0 Å². The maximum absolute atomic E-state index is 12.0. The van der Waals surface area contributed by atoms with Gasteiger partial charge in [-0.25, -0.2) is 0 Å². The Balaban J connectivity index is 1.26. The summed E-state index contributed by atoms with van der Waals surface area (Å²) >= 11 is 0. The van der Waals surface area contributed by atoms with Crippen LogP contribution in [0.3, 0.4) is 0 Å². The topological polar surface area (TPSA) is 74.6 Å². The predicted octanol–water partition coefficient (Wildman–Crippen LogP) is 4.68. The zero-order valence-corrected chi connectivity index (χ0v) is 17.1. The molecule has 2 N–H and O–H groups in total. The lowest BCUT2D eigenvalue weighted by atomic mass is 9.64. The van der Waals surface area contributed by atoms with E-state index in [4.69, 9.17) is 0 Å². The maximum Gasteiger partial charge on any atom is 0.220 e. The molecule has 5 rings (SSSR count). The largest absolute Gasteiger partial charge is 0.504 e. The Morgan fingerprint density at radius 1 is 0.767 bits per heavy atom. The maximum atomic E-state index is 12.0. The smallest absolute Gasteiger partial charge is 0.220 e. The summed E-state index contributed by atoms with van der Waals surface area (Å²) in [5, 5.41) is 19.3. The van der Waals surface area contributed by atoms with Gasteiger partial charge >= 0.3 is 0 Å². The van der Waals surface area contributed by atoms with Gasteiger partial charge in [-0.05, 0) is 109 Å². The molecule has 0 bridgehead atoms. The van der Waals surface area contributed by atoms with Crippen molar-refractivity contribution < 1.29 is 10.2 Å². The number of aromatic hydroxyl groups is 2. The molecule has 4 nitrogen and oxygen atoms in total. The number of rotatable bonds is 3. The van der Waals surface area contributed by atoms with Gasteiger partial charge < -0.3 is 10.2 Å². The predicted molar refractivity (Wildman–Crippen MR) is 116 cm³/mol. The Labute approximate surface area is 176 Å². The third kappa shape index (κ3) is 3.32. The summed E-state index contributed by atoms with van der Waals surface area (Å²) in [4.78, 5) is 23.7. The summed E-state index contributed by atoms with van der Waals surface area (Å²) in [5.74, 6) is 1.98. The summed E-state index contributed by atoms with van der Waals surface area (Å²) in [6.45, 7) is 0. The summed E-state index contributed by atoms with van der Waals surface area (Å²) in [5.41, 5.74) is 2.09. The van der Waals surface area contributed by atoms with E-state index >= 15 is 0 Å². The molecule has 0 aliphatic heterocycles. The highest BCUT2D eigenvalue weighted by Gasteiger charge is 2.60. The Bertz CT molecular complexity index is 1080. The van der Waals surface area contributed by atoms with E-state index in [-0.39, 0.29) is 22.4 Å². The van der Waals surface area contributed by atoms with Gasteiger partial charge in [-0.15, -0.1) is 0 Å². The molecule has 2 aromatic carbocycles. The monoisotopic (exact) mass is 404 g/mol. The van der Waals surface area contributed by atoms with E-state index in [9.17, 15) is 19.8 Å². The molecule has 4 heteroatoms. The van der Waals surface area contributed by atoms with Crippen molar-refractivity contribution in [3.05, 3.63) is 80.1 Å². The lowest BCUT2D eigenvalue weighted by Gasteiger charge is -2.40. The molecule has 3 atom stereocenters. The minimum absolute atomic E-state index is 0.179. The molecule has 30 heavy (non-hydrogen) atoms. The van der Waals surface area contributed by atoms with Crippen molar-refractivity contribution in [2.45, 2.75) is 56.8 Å². The van der Waals surface area contributed by atoms with Crippen LogP contribution in [-0.2, 0) is 0 Å². The molecular formula is C26H28O4. The first-order chi connectivity index (χ1) is 14.5. The molecular weight excluding hydrogens is 376 g/mol. The molecule has 2 aromatic rings. The van der Waals surface area contributed by atoms with Crippen molar-refractivity contribution in [2.24, 2.45) is 17.3 Å². The van der Waals surface area contributed by atoms with Crippen LogP contribution in [0.25, 0.3) is 0 Å². The van der Waals surface area contributed by atoms with Crippen LogP contribution >= 0.6 is 0 Å². The Morgan fingerprint density at radius 2 is 1.50 bits per heavy atom. The van der Waals surface area contributed by atoms with Crippen LogP contribution in [0, 0.1) is 17.3 Å². The molecule has 3 unspecified atom stereocenters. The molecule has 156 valence electrons. The van der Waals surface area contributed by atoms with Crippen LogP contribution in [0.1, 0.15) is 67.9 Å². The van der Waals surface area contributed by atoms with Crippen molar-refractivity contribution >= 4 is 0 Å². The third-order valence-electron chi connectivity index (χ3n) is 8.18. The van der Waals surface area contributed by atoms with E-state index in [1.165, 1.54) is 43.4 Å². The first-order valence-electron chi connectivity index (χ1n) is 11.1. The quantitative estimate of drug-likeness (QED) is 0.779. The van der Waals surface area contributed by atoms with Gasteiger partial charge in [0.25, 0.3) is 0 Å². The molecule has 0 heterocycles. The summed E-state index contributed by atoms with van der Waals surface area (Å²) in [6.07, 6.45) is 8.33. The van der Waals surface area contributed by atoms with Crippen molar-refractivity contribution in [1.82, 2.24) is 0 Å². The lowest BCUT2D eigenvalue weighted by molar-refractivity contribution is 0.167. The normalized spacial score (nSPS) is 32.4. The van der Waals surface area contributed by atoms with E-state index in [1.807, 2.05) is 18.2 Å². The highest BCUT2D eigenvalue weighted by atomic mass is 16.3. The van der Waals surface area contributed by atoms with Crippen LogP contribution in [0.15, 0.2) is 58.1 Å². The highest BCUT2D eigenvalue weighted by Crippen LogP contribution is 2.70. The van der Waals surface area contributed by atoms with Crippen molar-refractivity contribution in [2.75, 3.05) is 0 Å². The molecule has 1 spiro atoms. The first-order valence-corrected chi connectivity index (χ1v) is 11.1. The van der Waals surface area contributed by atoms with Crippen LogP contribution in [0.5, 0.6) is 11.5 Å². The van der Waals surface area contributed by atoms with Crippen molar-refractivity contribution in [3.63, 3.8) is 0 Å². The van der Waals surface area contributed by atoms with Gasteiger partial charge in [-0.1, -0.05) is 24.3 Å². The molecule has 0 amide bonds. The fourth-order valence-electron chi connectivity index (χ4n) is 6.18. The number of hydrogen-bond acceptors (Lipinski definition) is 4. The van der Waals surface area contributed by atoms with Gasteiger partial charge in [0.1, 0.15) is 0 Å². The van der Waals surface area contributed by atoms with Crippen molar-refractivity contribution in [3.8, 4) is 11.5 Å². The van der Waals surface area contributed by atoms with Crippen LogP contribution in [0.2, 0.25) is 0 Å². The SMILES string of the molecule is O=c1ccc(C2CCC2C2CC23CCC(c2cccc(O)c(=O)c2)CC3)ccc1O. The van der Waals surface area contributed by atoms with Gasteiger partial charge in [-0.2, -0.15) is 0 Å². The standard InChI is InChI=1S/C26H28O4/c27-22-3-1-2-18(14-25(22)30)16-10-12-26(13-11-16)15-21(26)20-7-6-19(20)17-4-8-23(28)24(29)9-5-17/h1-5,8-9,14,16,19-21H,6-7,10-13,15H2,(H,27,30)(H,28,29). The van der Waals surface area contributed by atoms with Gasteiger partial charge in [0, 0.05) is 0 Å². The summed E-state index contributed by atoms with van der Waals surface area (Å²) in [7, 11) is 0. The van der Waals surface area contributed by atoms with E-state index in [1.54, 1.807) is 18.2 Å². The highest BCUT2D eigenvalue weighted by molar-refractivity contribution is 5.30. The van der Waals surface area contributed by atoms with Gasteiger partial charge in [0.2, 0.25) is 10.9 Å². The first kappa shape index (κ1) is 19.3. The van der Waals surface area contributed by atoms with E-state index in [0.717, 1.165) is 30.7 Å². The molecule has 3 aliphatic rings. The molecule has 0 radical (unpaired) electrons. The zero-order chi connectivity index (χ0) is 20.9. The second kappa shape index (κ2) is 7.26. The Hall–Kier alpha value is -2.62. The lowest BCUT2D eigenvalue weighted by Crippen LogP contribution is -2.29. The van der Waals surface area contributed by atoms with Crippen LogP contribution < -0.4 is 10.9 Å². The van der Waals surface area contributed by atoms with E-state index in [2.05, 4.69) is 0 Å². The summed E-state index contributed by atoms with van der Waals surface area (Å²) < 4.78 is 0.